The molecule has 0 spiro atoms. The molecule has 4 aromatic carbocycles. The lowest BCUT2D eigenvalue weighted by atomic mass is 10.1. The zero-order valence-corrected chi connectivity index (χ0v) is 22.1. The van der Waals surface area contributed by atoms with Crippen LogP contribution in [0.2, 0.25) is 5.02 Å². The summed E-state index contributed by atoms with van der Waals surface area (Å²) in [6.07, 6.45) is 0.664. The van der Waals surface area contributed by atoms with Gasteiger partial charge in [-0.2, -0.15) is 0 Å². The third-order valence-electron chi connectivity index (χ3n) is 6.89. The quantitative estimate of drug-likeness (QED) is 0.237. The highest BCUT2D eigenvalue weighted by Crippen LogP contribution is 2.28. The van der Waals surface area contributed by atoms with Crippen LogP contribution in [-0.2, 0) is 6.42 Å². The number of halogens is 1. The summed E-state index contributed by atoms with van der Waals surface area (Å²) < 4.78 is 1.61. The number of carbonyl (C=O) groups is 1. The molecule has 38 heavy (non-hydrogen) atoms. The molecule has 0 aliphatic heterocycles. The number of fused-ring (bicyclic) bond motifs is 1. The molecule has 5 aromatic rings. The zero-order valence-electron chi connectivity index (χ0n) is 21.3. The molecule has 0 aliphatic carbocycles. The van der Waals surface area contributed by atoms with Crippen molar-refractivity contribution < 1.29 is 4.79 Å². The molecule has 1 atom stereocenters. The second-order valence-electron chi connectivity index (χ2n) is 9.29. The Hall–Kier alpha value is -4.22. The fraction of sp³-hybridized carbons (Fsp3) is 0.156. The Morgan fingerprint density at radius 3 is 2.29 bits per heavy atom. The fourth-order valence-corrected chi connectivity index (χ4v) is 4.92. The van der Waals surface area contributed by atoms with Crippen molar-refractivity contribution >= 4 is 28.4 Å². The Morgan fingerprint density at radius 1 is 0.895 bits per heavy atom. The fourth-order valence-electron chi connectivity index (χ4n) is 4.75. The number of carbonyl (C=O) groups excluding carboxylic acids is 1. The number of aromatic nitrogens is 2. The Kier molecular flexibility index (Phi) is 7.38. The molecule has 190 valence electrons. The number of rotatable bonds is 7. The summed E-state index contributed by atoms with van der Waals surface area (Å²) in [7, 11) is 0. The molecule has 0 saturated carbocycles. The van der Waals surface area contributed by atoms with Gasteiger partial charge in [0.15, 0.2) is 0 Å². The van der Waals surface area contributed by atoms with Crippen LogP contribution in [0.1, 0.15) is 40.3 Å². The number of benzene rings is 4. The zero-order chi connectivity index (χ0) is 26.6. The lowest BCUT2D eigenvalue weighted by Gasteiger charge is -2.31. The van der Waals surface area contributed by atoms with Gasteiger partial charge in [0.2, 0.25) is 0 Å². The van der Waals surface area contributed by atoms with Gasteiger partial charge in [0.1, 0.15) is 5.82 Å². The van der Waals surface area contributed by atoms with E-state index in [1.54, 1.807) is 21.6 Å². The smallest absolute Gasteiger partial charge is 0.266 e. The van der Waals surface area contributed by atoms with E-state index in [4.69, 9.17) is 16.6 Å². The van der Waals surface area contributed by atoms with Crippen LogP contribution in [0, 0.1) is 6.92 Å². The number of para-hydroxylation sites is 1. The molecule has 1 amide bonds. The topological polar surface area (TPSA) is 55.2 Å². The Labute approximate surface area is 227 Å². The minimum Gasteiger partial charge on any atom is -0.328 e. The van der Waals surface area contributed by atoms with Crippen LogP contribution in [-0.4, -0.2) is 26.9 Å². The predicted octanol–water partition coefficient (Wildman–Crippen LogP) is 6.79. The third kappa shape index (κ3) is 4.98. The molecule has 1 heterocycles. The second-order valence-corrected chi connectivity index (χ2v) is 9.70. The van der Waals surface area contributed by atoms with E-state index in [9.17, 15) is 9.59 Å². The molecule has 1 unspecified atom stereocenters. The van der Waals surface area contributed by atoms with Gasteiger partial charge in [0, 0.05) is 17.1 Å². The normalized spacial score (nSPS) is 11.9. The highest BCUT2D eigenvalue weighted by Gasteiger charge is 2.28. The van der Waals surface area contributed by atoms with Crippen molar-refractivity contribution in [2.24, 2.45) is 0 Å². The van der Waals surface area contributed by atoms with Crippen LogP contribution in [0.4, 0.5) is 0 Å². The average Bonchev–Trinajstić information content (AvgIpc) is 2.95. The second kappa shape index (κ2) is 11.0. The summed E-state index contributed by atoms with van der Waals surface area (Å²) >= 11 is 6.48. The molecule has 0 radical (unpaired) electrons. The van der Waals surface area contributed by atoms with E-state index in [0.29, 0.717) is 46.0 Å². The number of amides is 1. The van der Waals surface area contributed by atoms with Crippen LogP contribution in [0.5, 0.6) is 0 Å². The molecule has 0 N–H and O–H groups in total. The van der Waals surface area contributed by atoms with Gasteiger partial charge in [0.05, 0.1) is 22.6 Å². The van der Waals surface area contributed by atoms with Crippen LogP contribution >= 0.6 is 11.6 Å². The molecular formula is C32H28ClN3O2. The summed E-state index contributed by atoms with van der Waals surface area (Å²) in [5, 5.41) is 1.07. The Balaban J connectivity index is 1.68. The molecule has 0 aliphatic rings. The third-order valence-corrected chi connectivity index (χ3v) is 7.30. The molecule has 0 bridgehead atoms. The van der Waals surface area contributed by atoms with Gasteiger partial charge < -0.3 is 4.90 Å². The van der Waals surface area contributed by atoms with E-state index >= 15 is 0 Å². The Bertz CT molecular complexity index is 1650. The standard InChI is InChI=1S/C32H28ClN3O2/c1-22-27(33)17-11-19-29(22)36-30(34-28-18-10-9-16-26(28)32(36)38)23(2)35(21-20-24-12-5-3-6-13-24)31(37)25-14-7-4-8-15-25/h3-19,23H,20-21H2,1-2H3. The lowest BCUT2D eigenvalue weighted by Crippen LogP contribution is -2.38. The summed E-state index contributed by atoms with van der Waals surface area (Å²) in [6.45, 7) is 4.27. The molecule has 5 rings (SSSR count). The number of hydrogen-bond acceptors (Lipinski definition) is 3. The first-order chi connectivity index (χ1) is 18.5. The van der Waals surface area contributed by atoms with Crippen molar-refractivity contribution in [3.63, 3.8) is 0 Å². The van der Waals surface area contributed by atoms with Crippen LogP contribution < -0.4 is 5.56 Å². The van der Waals surface area contributed by atoms with Crippen LogP contribution in [0.15, 0.2) is 108 Å². The molecule has 0 fully saturated rings. The highest BCUT2D eigenvalue weighted by atomic mass is 35.5. The van der Waals surface area contributed by atoms with Crippen molar-refractivity contribution in [3.05, 3.63) is 141 Å². The summed E-state index contributed by atoms with van der Waals surface area (Å²) in [5.41, 5.74) is 3.52. The van der Waals surface area contributed by atoms with Crippen molar-refractivity contribution in [2.45, 2.75) is 26.3 Å². The van der Waals surface area contributed by atoms with Gasteiger partial charge in [-0.3, -0.25) is 14.2 Å². The van der Waals surface area contributed by atoms with Crippen LogP contribution in [0.25, 0.3) is 16.6 Å². The average molecular weight is 522 g/mol. The number of nitrogens with zero attached hydrogens (tertiary/aromatic N) is 3. The lowest BCUT2D eigenvalue weighted by molar-refractivity contribution is 0.0683. The molecule has 5 nitrogen and oxygen atoms in total. The minimum atomic E-state index is -0.512. The van der Waals surface area contributed by atoms with E-state index in [1.807, 2.05) is 92.7 Å². The van der Waals surface area contributed by atoms with Gasteiger partial charge in [-0.05, 0) is 67.8 Å². The van der Waals surface area contributed by atoms with Crippen LogP contribution in [0.3, 0.4) is 0 Å². The largest absolute Gasteiger partial charge is 0.328 e. The first-order valence-electron chi connectivity index (χ1n) is 12.6. The van der Waals surface area contributed by atoms with Gasteiger partial charge in [-0.15, -0.1) is 0 Å². The first-order valence-corrected chi connectivity index (χ1v) is 13.0. The summed E-state index contributed by atoms with van der Waals surface area (Å²) in [4.78, 5) is 34.6. The molecule has 0 saturated heterocycles. The highest BCUT2D eigenvalue weighted by molar-refractivity contribution is 6.31. The van der Waals surface area contributed by atoms with Crippen molar-refractivity contribution in [2.75, 3.05) is 6.54 Å². The molecule has 1 aromatic heterocycles. The van der Waals surface area contributed by atoms with Gasteiger partial charge in [0.25, 0.3) is 11.5 Å². The first kappa shape index (κ1) is 25.4. The van der Waals surface area contributed by atoms with Crippen molar-refractivity contribution in [1.82, 2.24) is 14.5 Å². The molecule has 6 heteroatoms. The van der Waals surface area contributed by atoms with Crippen molar-refractivity contribution in [3.8, 4) is 5.69 Å². The van der Waals surface area contributed by atoms with Gasteiger partial charge >= 0.3 is 0 Å². The summed E-state index contributed by atoms with van der Waals surface area (Å²) in [6, 6.07) is 31.6. The van der Waals surface area contributed by atoms with Gasteiger partial charge in [-0.25, -0.2) is 4.98 Å². The minimum absolute atomic E-state index is 0.120. The number of hydrogen-bond donors (Lipinski definition) is 0. The maximum absolute atomic E-state index is 13.9. The van der Waals surface area contributed by atoms with E-state index in [-0.39, 0.29) is 11.5 Å². The maximum atomic E-state index is 13.9. The monoisotopic (exact) mass is 521 g/mol. The maximum Gasteiger partial charge on any atom is 0.266 e. The van der Waals surface area contributed by atoms with E-state index in [2.05, 4.69) is 12.1 Å². The predicted molar refractivity (Wildman–Crippen MR) is 153 cm³/mol. The van der Waals surface area contributed by atoms with E-state index < -0.39 is 6.04 Å². The molecular weight excluding hydrogens is 494 g/mol. The van der Waals surface area contributed by atoms with E-state index in [0.717, 1.165) is 11.1 Å². The van der Waals surface area contributed by atoms with E-state index in [1.165, 1.54) is 0 Å². The SMILES string of the molecule is Cc1c(Cl)cccc1-n1c(C(C)N(CCc2ccccc2)C(=O)c2ccccc2)nc2ccccc2c1=O. The summed E-state index contributed by atoms with van der Waals surface area (Å²) in [5.74, 6) is 0.363. The Morgan fingerprint density at radius 2 is 1.55 bits per heavy atom. The van der Waals surface area contributed by atoms with Gasteiger partial charge in [-0.1, -0.05) is 78.3 Å². The van der Waals surface area contributed by atoms with Crippen molar-refractivity contribution in [1.29, 1.82) is 0 Å².